The Kier molecular flexibility index (Phi) is 4.39. The van der Waals surface area contributed by atoms with Crippen LogP contribution in [-0.2, 0) is 0 Å². The molecule has 0 saturated carbocycles. The van der Waals surface area contributed by atoms with Gasteiger partial charge in [0, 0.05) is 15.7 Å². The number of carbonyl (C=O) groups excluding carboxylic acids is 1. The number of carbonyl (C=O) groups is 1. The summed E-state index contributed by atoms with van der Waals surface area (Å²) in [6, 6.07) is 7.60. The van der Waals surface area contributed by atoms with Crippen molar-refractivity contribution in [3.63, 3.8) is 0 Å². The second-order valence-electron chi connectivity index (χ2n) is 4.34. The van der Waals surface area contributed by atoms with Crippen LogP contribution >= 0.6 is 22.6 Å². The summed E-state index contributed by atoms with van der Waals surface area (Å²) < 4.78 is 1.06. The molecule has 1 fully saturated rings. The summed E-state index contributed by atoms with van der Waals surface area (Å²) in [5, 5.41) is 9.32. The van der Waals surface area contributed by atoms with E-state index in [9.17, 15) is 9.90 Å². The predicted octanol–water partition coefficient (Wildman–Crippen LogP) is 2.28. The predicted molar refractivity (Wildman–Crippen MR) is 74.9 cm³/mol. The van der Waals surface area contributed by atoms with Gasteiger partial charge in [0.15, 0.2) is 0 Å². The van der Waals surface area contributed by atoms with Crippen molar-refractivity contribution in [1.29, 1.82) is 0 Å². The highest BCUT2D eigenvalue weighted by molar-refractivity contribution is 14.1. The zero-order chi connectivity index (χ0) is 12.3. The number of aliphatic hydroxyl groups is 1. The van der Waals surface area contributed by atoms with Gasteiger partial charge in [-0.2, -0.15) is 0 Å². The number of piperidine rings is 1. The molecule has 0 spiro atoms. The van der Waals surface area contributed by atoms with Gasteiger partial charge in [-0.05, 0) is 60.1 Å². The summed E-state index contributed by atoms with van der Waals surface area (Å²) >= 11 is 2.20. The van der Waals surface area contributed by atoms with Gasteiger partial charge in [-0.3, -0.25) is 4.79 Å². The van der Waals surface area contributed by atoms with Gasteiger partial charge in [-0.15, -0.1) is 0 Å². The highest BCUT2D eigenvalue weighted by atomic mass is 127. The van der Waals surface area contributed by atoms with E-state index in [1.54, 1.807) is 0 Å². The van der Waals surface area contributed by atoms with Crippen LogP contribution in [0.4, 0.5) is 0 Å². The minimum Gasteiger partial charge on any atom is -0.394 e. The molecule has 2 rings (SSSR count). The lowest BCUT2D eigenvalue weighted by molar-refractivity contribution is 0.0503. The third kappa shape index (κ3) is 2.98. The third-order valence-electron chi connectivity index (χ3n) is 3.17. The molecule has 1 unspecified atom stereocenters. The van der Waals surface area contributed by atoms with Crippen molar-refractivity contribution in [2.45, 2.75) is 25.3 Å². The number of aliphatic hydroxyl groups excluding tert-OH is 1. The van der Waals surface area contributed by atoms with E-state index in [0.29, 0.717) is 0 Å². The number of benzene rings is 1. The molecule has 92 valence electrons. The summed E-state index contributed by atoms with van der Waals surface area (Å²) in [6.07, 6.45) is 3.04. The van der Waals surface area contributed by atoms with E-state index in [0.717, 1.165) is 34.9 Å². The van der Waals surface area contributed by atoms with Crippen molar-refractivity contribution < 1.29 is 9.90 Å². The molecule has 1 amide bonds. The average molecular weight is 345 g/mol. The molecule has 4 heteroatoms. The Balaban J connectivity index is 2.18. The molecule has 1 aromatic rings. The van der Waals surface area contributed by atoms with Gasteiger partial charge in [-0.1, -0.05) is 6.07 Å². The SMILES string of the molecule is O=C(c1cccc(I)c1)N1CCCCC1CO. The summed E-state index contributed by atoms with van der Waals surface area (Å²) in [6.45, 7) is 0.825. The van der Waals surface area contributed by atoms with Crippen LogP contribution in [0.15, 0.2) is 24.3 Å². The van der Waals surface area contributed by atoms with Crippen LogP contribution in [0.2, 0.25) is 0 Å². The molecule has 1 N–H and O–H groups in total. The van der Waals surface area contributed by atoms with Crippen LogP contribution < -0.4 is 0 Å². The van der Waals surface area contributed by atoms with Crippen molar-refractivity contribution in [1.82, 2.24) is 4.90 Å². The average Bonchev–Trinajstić information content (AvgIpc) is 2.38. The largest absolute Gasteiger partial charge is 0.394 e. The first-order valence-corrected chi connectivity index (χ1v) is 6.97. The number of nitrogens with zero attached hydrogens (tertiary/aromatic N) is 1. The second kappa shape index (κ2) is 5.82. The molecule has 1 saturated heterocycles. The van der Waals surface area contributed by atoms with Gasteiger partial charge in [0.1, 0.15) is 0 Å². The molecule has 1 aromatic carbocycles. The van der Waals surface area contributed by atoms with E-state index in [1.165, 1.54) is 0 Å². The summed E-state index contributed by atoms with van der Waals surface area (Å²) in [7, 11) is 0. The highest BCUT2D eigenvalue weighted by Gasteiger charge is 2.26. The smallest absolute Gasteiger partial charge is 0.254 e. The maximum absolute atomic E-state index is 12.3. The summed E-state index contributed by atoms with van der Waals surface area (Å²) in [4.78, 5) is 14.1. The minimum atomic E-state index is -0.00545. The van der Waals surface area contributed by atoms with Crippen molar-refractivity contribution in [2.75, 3.05) is 13.2 Å². The first-order valence-electron chi connectivity index (χ1n) is 5.90. The Hall–Kier alpha value is -0.620. The lowest BCUT2D eigenvalue weighted by Gasteiger charge is -2.34. The third-order valence-corrected chi connectivity index (χ3v) is 3.84. The Bertz CT molecular complexity index is 408. The molecule has 1 aliphatic heterocycles. The fourth-order valence-corrected chi connectivity index (χ4v) is 2.79. The van der Waals surface area contributed by atoms with Crippen molar-refractivity contribution in [3.8, 4) is 0 Å². The fraction of sp³-hybridized carbons (Fsp3) is 0.462. The van der Waals surface area contributed by atoms with Crippen LogP contribution in [0.5, 0.6) is 0 Å². The lowest BCUT2D eigenvalue weighted by Crippen LogP contribution is -2.45. The summed E-state index contributed by atoms with van der Waals surface area (Å²) in [5.74, 6) is 0.0438. The Labute approximate surface area is 115 Å². The van der Waals surface area contributed by atoms with Crippen molar-refractivity contribution >= 4 is 28.5 Å². The normalized spacial score (nSPS) is 20.4. The van der Waals surface area contributed by atoms with Crippen LogP contribution in [0.25, 0.3) is 0 Å². The lowest BCUT2D eigenvalue weighted by atomic mass is 10.0. The molecule has 1 aliphatic rings. The molecule has 0 aromatic heterocycles. The van der Waals surface area contributed by atoms with Crippen LogP contribution in [0.1, 0.15) is 29.6 Å². The number of hydrogen-bond acceptors (Lipinski definition) is 2. The number of rotatable bonds is 2. The zero-order valence-electron chi connectivity index (χ0n) is 9.60. The first kappa shape index (κ1) is 12.8. The summed E-state index contributed by atoms with van der Waals surface area (Å²) in [5.41, 5.74) is 0.720. The Morgan fingerprint density at radius 1 is 1.47 bits per heavy atom. The van der Waals surface area contributed by atoms with Gasteiger partial charge in [0.05, 0.1) is 12.6 Å². The molecular weight excluding hydrogens is 329 g/mol. The van der Waals surface area contributed by atoms with Gasteiger partial charge in [0.25, 0.3) is 5.91 Å². The first-order chi connectivity index (χ1) is 8.22. The van der Waals surface area contributed by atoms with E-state index in [1.807, 2.05) is 29.2 Å². The van der Waals surface area contributed by atoms with E-state index < -0.39 is 0 Å². The molecule has 0 aliphatic carbocycles. The molecular formula is C13H16INO2. The van der Waals surface area contributed by atoms with Crippen molar-refractivity contribution in [2.24, 2.45) is 0 Å². The highest BCUT2D eigenvalue weighted by Crippen LogP contribution is 2.20. The number of hydrogen-bond donors (Lipinski definition) is 1. The second-order valence-corrected chi connectivity index (χ2v) is 5.59. The molecule has 3 nitrogen and oxygen atoms in total. The van der Waals surface area contributed by atoms with E-state index >= 15 is 0 Å². The minimum absolute atomic E-state index is 0.00545. The van der Waals surface area contributed by atoms with Gasteiger partial charge < -0.3 is 10.0 Å². The van der Waals surface area contributed by atoms with E-state index in [-0.39, 0.29) is 18.6 Å². The number of likely N-dealkylation sites (tertiary alicyclic amines) is 1. The zero-order valence-corrected chi connectivity index (χ0v) is 11.8. The van der Waals surface area contributed by atoms with E-state index in [2.05, 4.69) is 22.6 Å². The topological polar surface area (TPSA) is 40.5 Å². The maximum atomic E-state index is 12.3. The molecule has 1 heterocycles. The van der Waals surface area contributed by atoms with Crippen LogP contribution in [-0.4, -0.2) is 35.1 Å². The monoisotopic (exact) mass is 345 g/mol. The van der Waals surface area contributed by atoms with Crippen LogP contribution in [0, 0.1) is 3.57 Å². The Morgan fingerprint density at radius 3 is 3.00 bits per heavy atom. The van der Waals surface area contributed by atoms with Gasteiger partial charge in [-0.25, -0.2) is 0 Å². The van der Waals surface area contributed by atoms with Gasteiger partial charge in [0.2, 0.25) is 0 Å². The van der Waals surface area contributed by atoms with E-state index in [4.69, 9.17) is 0 Å². The molecule has 1 atom stereocenters. The number of halogens is 1. The standard InChI is InChI=1S/C13H16INO2/c14-11-5-3-4-10(8-11)13(17)15-7-2-1-6-12(15)9-16/h3-5,8,12,16H,1-2,6-7,9H2. The fourth-order valence-electron chi connectivity index (χ4n) is 2.25. The van der Waals surface area contributed by atoms with Gasteiger partial charge >= 0.3 is 0 Å². The Morgan fingerprint density at radius 2 is 2.29 bits per heavy atom. The molecule has 0 radical (unpaired) electrons. The molecule has 0 bridgehead atoms. The molecule has 17 heavy (non-hydrogen) atoms. The van der Waals surface area contributed by atoms with Crippen LogP contribution in [0.3, 0.4) is 0 Å². The number of amides is 1. The van der Waals surface area contributed by atoms with Crippen molar-refractivity contribution in [3.05, 3.63) is 33.4 Å². The quantitative estimate of drug-likeness (QED) is 0.836. The maximum Gasteiger partial charge on any atom is 0.254 e.